The number of carbonyl (C=O) groups excluding carboxylic acids is 1. The summed E-state index contributed by atoms with van der Waals surface area (Å²) in [5.74, 6) is 0.281. The molecule has 1 amide bonds. The second-order valence-electron chi connectivity index (χ2n) is 4.62. The fraction of sp³-hybridized carbons (Fsp3) is 0.667. The molecule has 1 fully saturated rings. The Balaban J connectivity index is 0.00000162. The molecule has 4 nitrogen and oxygen atoms in total. The first kappa shape index (κ1) is 15.4. The van der Waals surface area contributed by atoms with E-state index < -0.39 is 0 Å². The van der Waals surface area contributed by atoms with Crippen molar-refractivity contribution in [1.82, 2.24) is 4.98 Å². The summed E-state index contributed by atoms with van der Waals surface area (Å²) in [5.41, 5.74) is 6.84. The Hall–Kier alpha value is -0.650. The molecule has 1 aromatic heterocycles. The molecule has 1 heterocycles. The molecule has 0 spiro atoms. The number of hydrogen-bond acceptors (Lipinski definition) is 4. The summed E-state index contributed by atoms with van der Waals surface area (Å²) in [6, 6.07) is 0.195. The lowest BCUT2D eigenvalue weighted by Gasteiger charge is -2.21. The van der Waals surface area contributed by atoms with E-state index in [0.29, 0.717) is 6.54 Å². The van der Waals surface area contributed by atoms with Crippen molar-refractivity contribution in [2.75, 3.05) is 11.4 Å². The van der Waals surface area contributed by atoms with Crippen LogP contribution in [-0.2, 0) is 4.79 Å². The maximum atomic E-state index is 12.4. The summed E-state index contributed by atoms with van der Waals surface area (Å²) < 4.78 is 0. The molecule has 0 bridgehead atoms. The predicted octanol–water partition coefficient (Wildman–Crippen LogP) is 2.35. The molecule has 1 aliphatic rings. The number of nitrogens with zero attached hydrogens (tertiary/aromatic N) is 2. The van der Waals surface area contributed by atoms with Crippen LogP contribution in [0.3, 0.4) is 0 Å². The summed E-state index contributed by atoms with van der Waals surface area (Å²) in [5, 5.41) is 2.79. The Kier molecular flexibility index (Phi) is 5.56. The van der Waals surface area contributed by atoms with Crippen LogP contribution in [-0.4, -0.2) is 23.5 Å². The SMILES string of the molecule is CCN(C(=O)C1CCC(N)C1)c1nc(C)cs1.Cl. The molecule has 1 aromatic rings. The van der Waals surface area contributed by atoms with Crippen LogP contribution in [0.25, 0.3) is 0 Å². The van der Waals surface area contributed by atoms with Gasteiger partial charge in [-0.1, -0.05) is 0 Å². The zero-order chi connectivity index (χ0) is 12.4. The van der Waals surface area contributed by atoms with Crippen LogP contribution >= 0.6 is 23.7 Å². The molecular weight excluding hydrogens is 270 g/mol. The van der Waals surface area contributed by atoms with Crippen LogP contribution in [0.1, 0.15) is 31.9 Å². The second-order valence-corrected chi connectivity index (χ2v) is 5.46. The van der Waals surface area contributed by atoms with Crippen molar-refractivity contribution in [3.63, 3.8) is 0 Å². The highest BCUT2D eigenvalue weighted by atomic mass is 35.5. The smallest absolute Gasteiger partial charge is 0.231 e. The van der Waals surface area contributed by atoms with E-state index in [9.17, 15) is 4.79 Å². The van der Waals surface area contributed by atoms with Crippen molar-refractivity contribution >= 4 is 34.8 Å². The van der Waals surface area contributed by atoms with Gasteiger partial charge in [-0.3, -0.25) is 9.69 Å². The summed E-state index contributed by atoms with van der Waals surface area (Å²) >= 11 is 1.53. The molecule has 0 aromatic carbocycles. The van der Waals surface area contributed by atoms with Gasteiger partial charge in [-0.15, -0.1) is 23.7 Å². The molecule has 102 valence electrons. The zero-order valence-electron chi connectivity index (χ0n) is 10.8. The van der Waals surface area contributed by atoms with Crippen molar-refractivity contribution in [3.8, 4) is 0 Å². The van der Waals surface area contributed by atoms with Crippen LogP contribution < -0.4 is 10.6 Å². The number of carbonyl (C=O) groups is 1. The highest BCUT2D eigenvalue weighted by Crippen LogP contribution is 2.29. The Labute approximate surface area is 118 Å². The number of hydrogen-bond donors (Lipinski definition) is 1. The minimum Gasteiger partial charge on any atom is -0.328 e. The molecule has 0 saturated heterocycles. The van der Waals surface area contributed by atoms with Gasteiger partial charge in [0.15, 0.2) is 5.13 Å². The molecular formula is C12H20ClN3OS. The van der Waals surface area contributed by atoms with Crippen molar-refractivity contribution in [2.45, 2.75) is 39.2 Å². The Morgan fingerprint density at radius 1 is 1.61 bits per heavy atom. The molecule has 2 unspecified atom stereocenters. The maximum absolute atomic E-state index is 12.4. The standard InChI is InChI=1S/C12H19N3OS.ClH/c1-3-15(12-14-8(2)7-17-12)11(16)9-4-5-10(13)6-9;/h7,9-10H,3-6,13H2,1-2H3;1H. The van der Waals surface area contributed by atoms with Crippen molar-refractivity contribution in [1.29, 1.82) is 0 Å². The van der Waals surface area contributed by atoms with Gasteiger partial charge in [0.1, 0.15) is 0 Å². The first-order valence-corrected chi connectivity index (χ1v) is 6.99. The van der Waals surface area contributed by atoms with Gasteiger partial charge in [0.2, 0.25) is 5.91 Å². The minimum atomic E-state index is 0. The van der Waals surface area contributed by atoms with E-state index in [4.69, 9.17) is 5.73 Å². The normalized spacial score (nSPS) is 22.6. The first-order valence-electron chi connectivity index (χ1n) is 6.11. The van der Waals surface area contributed by atoms with Crippen molar-refractivity contribution in [3.05, 3.63) is 11.1 Å². The molecule has 18 heavy (non-hydrogen) atoms. The lowest BCUT2D eigenvalue weighted by atomic mass is 10.1. The van der Waals surface area contributed by atoms with E-state index in [2.05, 4.69) is 4.98 Å². The fourth-order valence-corrected chi connectivity index (χ4v) is 3.18. The van der Waals surface area contributed by atoms with E-state index in [1.54, 1.807) is 4.90 Å². The van der Waals surface area contributed by atoms with Crippen molar-refractivity contribution < 1.29 is 4.79 Å². The third-order valence-electron chi connectivity index (χ3n) is 3.24. The number of aryl methyl sites for hydroxylation is 1. The highest BCUT2D eigenvalue weighted by molar-refractivity contribution is 7.14. The summed E-state index contributed by atoms with van der Waals surface area (Å²) in [4.78, 5) is 18.5. The van der Waals surface area contributed by atoms with Crippen LogP contribution in [0.5, 0.6) is 0 Å². The molecule has 6 heteroatoms. The van der Waals surface area contributed by atoms with Gasteiger partial charge in [0, 0.05) is 23.9 Å². The number of thiazole rings is 1. The third-order valence-corrected chi connectivity index (χ3v) is 4.22. The van der Waals surface area contributed by atoms with E-state index in [1.807, 2.05) is 19.2 Å². The Bertz CT molecular complexity index is 410. The maximum Gasteiger partial charge on any atom is 0.231 e. The number of amides is 1. The molecule has 0 radical (unpaired) electrons. The predicted molar refractivity (Wildman–Crippen MR) is 77.4 cm³/mol. The lowest BCUT2D eigenvalue weighted by Crippen LogP contribution is -2.35. The number of aromatic nitrogens is 1. The monoisotopic (exact) mass is 289 g/mol. The molecule has 2 rings (SSSR count). The molecule has 0 aliphatic heterocycles. The summed E-state index contributed by atoms with van der Waals surface area (Å²) in [7, 11) is 0. The summed E-state index contributed by atoms with van der Waals surface area (Å²) in [6.07, 6.45) is 2.70. The van der Waals surface area contributed by atoms with Gasteiger partial charge >= 0.3 is 0 Å². The third kappa shape index (κ3) is 3.22. The number of anilines is 1. The number of nitrogens with two attached hydrogens (primary N) is 1. The number of rotatable bonds is 3. The van der Waals surface area contributed by atoms with E-state index in [1.165, 1.54) is 11.3 Å². The first-order chi connectivity index (χ1) is 8.11. The van der Waals surface area contributed by atoms with Crippen LogP contribution in [0, 0.1) is 12.8 Å². The number of halogens is 1. The van der Waals surface area contributed by atoms with E-state index in [0.717, 1.165) is 30.1 Å². The van der Waals surface area contributed by atoms with Crippen LogP contribution in [0.15, 0.2) is 5.38 Å². The van der Waals surface area contributed by atoms with Gasteiger partial charge in [-0.25, -0.2) is 4.98 Å². The average Bonchev–Trinajstić information content (AvgIpc) is 2.89. The Morgan fingerprint density at radius 3 is 2.78 bits per heavy atom. The topological polar surface area (TPSA) is 59.2 Å². The van der Waals surface area contributed by atoms with Crippen LogP contribution in [0.4, 0.5) is 5.13 Å². The van der Waals surface area contributed by atoms with Gasteiger partial charge in [0.25, 0.3) is 0 Å². The minimum absolute atomic E-state index is 0. The van der Waals surface area contributed by atoms with Gasteiger partial charge < -0.3 is 5.73 Å². The van der Waals surface area contributed by atoms with Gasteiger partial charge in [-0.2, -0.15) is 0 Å². The van der Waals surface area contributed by atoms with Crippen LogP contribution in [0.2, 0.25) is 0 Å². The lowest BCUT2D eigenvalue weighted by molar-refractivity contribution is -0.122. The molecule has 2 atom stereocenters. The zero-order valence-corrected chi connectivity index (χ0v) is 12.4. The fourth-order valence-electron chi connectivity index (χ4n) is 2.31. The molecule has 1 saturated carbocycles. The van der Waals surface area contributed by atoms with E-state index >= 15 is 0 Å². The molecule has 2 N–H and O–H groups in total. The highest BCUT2D eigenvalue weighted by Gasteiger charge is 2.31. The second kappa shape index (κ2) is 6.50. The molecule has 1 aliphatic carbocycles. The average molecular weight is 290 g/mol. The van der Waals surface area contributed by atoms with Crippen molar-refractivity contribution in [2.24, 2.45) is 11.7 Å². The largest absolute Gasteiger partial charge is 0.328 e. The van der Waals surface area contributed by atoms with Gasteiger partial charge in [0.05, 0.1) is 5.69 Å². The quantitative estimate of drug-likeness (QED) is 0.929. The summed E-state index contributed by atoms with van der Waals surface area (Å²) in [6.45, 7) is 4.62. The van der Waals surface area contributed by atoms with Gasteiger partial charge in [-0.05, 0) is 33.1 Å². The van der Waals surface area contributed by atoms with E-state index in [-0.39, 0.29) is 30.3 Å². The Morgan fingerprint density at radius 2 is 2.33 bits per heavy atom.